The zero-order valence-electron chi connectivity index (χ0n) is 13.9. The monoisotopic (exact) mass is 387 g/mol. The summed E-state index contributed by atoms with van der Waals surface area (Å²) in [7, 11) is 0. The standard InChI is InChI=1S/C18H17ClF3NO3/c1-12-7-14(19)5-6-16(12)25-10-17(24)23-9-13-3-2-4-15(8-13)26-11-18(20,21)22/h2-8H,9-11H2,1H3,(H,23,24). The van der Waals surface area contributed by atoms with Crippen molar-refractivity contribution in [1.82, 2.24) is 5.32 Å². The second kappa shape index (κ2) is 8.80. The number of rotatable bonds is 7. The van der Waals surface area contributed by atoms with Crippen molar-refractivity contribution < 1.29 is 27.4 Å². The van der Waals surface area contributed by atoms with Gasteiger partial charge in [0.25, 0.3) is 5.91 Å². The lowest BCUT2D eigenvalue weighted by molar-refractivity contribution is -0.153. The first-order valence-corrected chi connectivity index (χ1v) is 8.05. The summed E-state index contributed by atoms with van der Waals surface area (Å²) in [6, 6.07) is 11.1. The van der Waals surface area contributed by atoms with Crippen LogP contribution in [0.15, 0.2) is 42.5 Å². The third-order valence-electron chi connectivity index (χ3n) is 3.29. The normalized spacial score (nSPS) is 11.1. The van der Waals surface area contributed by atoms with Crippen LogP contribution in [0, 0.1) is 6.92 Å². The number of carbonyl (C=O) groups is 1. The largest absolute Gasteiger partial charge is 0.484 e. The first kappa shape index (κ1) is 19.9. The number of ether oxygens (including phenoxy) is 2. The highest BCUT2D eigenvalue weighted by Crippen LogP contribution is 2.22. The van der Waals surface area contributed by atoms with E-state index in [4.69, 9.17) is 16.3 Å². The number of nitrogens with one attached hydrogen (secondary N) is 1. The second-order valence-corrected chi connectivity index (χ2v) is 5.96. The summed E-state index contributed by atoms with van der Waals surface area (Å²) >= 11 is 5.85. The molecule has 0 aliphatic carbocycles. The van der Waals surface area contributed by atoms with Gasteiger partial charge >= 0.3 is 6.18 Å². The zero-order valence-corrected chi connectivity index (χ0v) is 14.7. The molecule has 26 heavy (non-hydrogen) atoms. The van der Waals surface area contributed by atoms with Crippen molar-refractivity contribution >= 4 is 17.5 Å². The Morgan fingerprint density at radius 1 is 1.15 bits per heavy atom. The molecule has 2 aromatic carbocycles. The molecule has 4 nitrogen and oxygen atoms in total. The Hall–Kier alpha value is -2.41. The average Bonchev–Trinajstić information content (AvgIpc) is 2.57. The van der Waals surface area contributed by atoms with Crippen LogP contribution < -0.4 is 14.8 Å². The van der Waals surface area contributed by atoms with E-state index in [1.807, 2.05) is 6.92 Å². The number of halogens is 4. The van der Waals surface area contributed by atoms with Crippen molar-refractivity contribution in [2.45, 2.75) is 19.6 Å². The molecule has 0 saturated carbocycles. The number of alkyl halides is 3. The van der Waals surface area contributed by atoms with Crippen molar-refractivity contribution in [3.8, 4) is 11.5 Å². The number of hydrogen-bond acceptors (Lipinski definition) is 3. The summed E-state index contributed by atoms with van der Waals surface area (Å²) < 4.78 is 46.6. The van der Waals surface area contributed by atoms with Crippen LogP contribution in [0.1, 0.15) is 11.1 Å². The highest BCUT2D eigenvalue weighted by atomic mass is 35.5. The van der Waals surface area contributed by atoms with Crippen LogP contribution in [0.25, 0.3) is 0 Å². The van der Waals surface area contributed by atoms with Crippen molar-refractivity contribution in [3.63, 3.8) is 0 Å². The van der Waals surface area contributed by atoms with Crippen molar-refractivity contribution in [2.24, 2.45) is 0 Å². The highest BCUT2D eigenvalue weighted by Gasteiger charge is 2.28. The van der Waals surface area contributed by atoms with Crippen LogP contribution in [0.5, 0.6) is 11.5 Å². The molecular formula is C18H17ClF3NO3. The van der Waals surface area contributed by atoms with Gasteiger partial charge in [-0.05, 0) is 48.4 Å². The molecule has 0 bridgehead atoms. The summed E-state index contributed by atoms with van der Waals surface area (Å²) in [5.41, 5.74) is 1.42. The average molecular weight is 388 g/mol. The van der Waals surface area contributed by atoms with Gasteiger partial charge in [-0.25, -0.2) is 0 Å². The van der Waals surface area contributed by atoms with Crippen molar-refractivity contribution in [1.29, 1.82) is 0 Å². The first-order valence-electron chi connectivity index (χ1n) is 7.67. The minimum atomic E-state index is -4.40. The molecule has 1 N–H and O–H groups in total. The Bertz CT molecular complexity index is 766. The van der Waals surface area contributed by atoms with E-state index in [2.05, 4.69) is 10.1 Å². The van der Waals surface area contributed by atoms with Crippen LogP contribution in [0.2, 0.25) is 5.02 Å². The topological polar surface area (TPSA) is 47.6 Å². The van der Waals surface area contributed by atoms with E-state index < -0.39 is 12.8 Å². The molecule has 2 rings (SSSR count). The fourth-order valence-electron chi connectivity index (χ4n) is 2.08. The predicted octanol–water partition coefficient (Wildman–Crippen LogP) is 4.28. The molecule has 140 valence electrons. The van der Waals surface area contributed by atoms with Gasteiger partial charge in [0.15, 0.2) is 13.2 Å². The van der Waals surface area contributed by atoms with E-state index in [0.29, 0.717) is 16.3 Å². The van der Waals surface area contributed by atoms with Crippen molar-refractivity contribution in [3.05, 3.63) is 58.6 Å². The molecule has 8 heteroatoms. The van der Waals surface area contributed by atoms with E-state index in [-0.39, 0.29) is 24.8 Å². The van der Waals surface area contributed by atoms with Crippen molar-refractivity contribution in [2.75, 3.05) is 13.2 Å². The predicted molar refractivity (Wildman–Crippen MR) is 91.5 cm³/mol. The summed E-state index contributed by atoms with van der Waals surface area (Å²) in [6.45, 7) is 0.403. The van der Waals surface area contributed by atoms with Crippen LogP contribution in [0.3, 0.4) is 0 Å². The minimum absolute atomic E-state index is 0.0853. The zero-order chi connectivity index (χ0) is 19.2. The summed E-state index contributed by atoms with van der Waals surface area (Å²) in [5.74, 6) is 0.273. The Balaban J connectivity index is 1.81. The molecule has 0 fully saturated rings. The van der Waals surface area contributed by atoms with Crippen LogP contribution in [0.4, 0.5) is 13.2 Å². The maximum Gasteiger partial charge on any atom is 0.422 e. The van der Waals surface area contributed by atoms with Gasteiger partial charge < -0.3 is 14.8 Å². The van der Waals surface area contributed by atoms with Crippen LogP contribution in [-0.2, 0) is 11.3 Å². The lowest BCUT2D eigenvalue weighted by Gasteiger charge is -2.11. The summed E-state index contributed by atoms with van der Waals surface area (Å²) in [5, 5.41) is 3.21. The molecule has 0 spiro atoms. The minimum Gasteiger partial charge on any atom is -0.484 e. The molecule has 0 aliphatic rings. The quantitative estimate of drug-likeness (QED) is 0.771. The van der Waals surface area contributed by atoms with Gasteiger partial charge in [-0.3, -0.25) is 4.79 Å². The molecule has 0 heterocycles. The molecule has 0 radical (unpaired) electrons. The highest BCUT2D eigenvalue weighted by molar-refractivity contribution is 6.30. The Labute approximate surface area is 153 Å². The third kappa shape index (κ3) is 6.84. The van der Waals surface area contributed by atoms with Crippen LogP contribution in [-0.4, -0.2) is 25.3 Å². The first-order chi connectivity index (χ1) is 12.2. The fraction of sp³-hybridized carbons (Fsp3) is 0.278. The van der Waals surface area contributed by atoms with E-state index >= 15 is 0 Å². The molecule has 0 saturated heterocycles. The molecular weight excluding hydrogens is 371 g/mol. The van der Waals surface area contributed by atoms with Gasteiger partial charge in [0.1, 0.15) is 11.5 Å². The van der Waals surface area contributed by atoms with Gasteiger partial charge in [-0.1, -0.05) is 23.7 Å². The molecule has 0 aromatic heterocycles. The molecule has 0 aliphatic heterocycles. The van der Waals surface area contributed by atoms with E-state index in [0.717, 1.165) is 5.56 Å². The molecule has 2 aromatic rings. The lowest BCUT2D eigenvalue weighted by atomic mass is 10.2. The van der Waals surface area contributed by atoms with Gasteiger partial charge in [-0.15, -0.1) is 0 Å². The Morgan fingerprint density at radius 3 is 2.62 bits per heavy atom. The number of amides is 1. The van der Waals surface area contributed by atoms with E-state index in [1.165, 1.54) is 12.1 Å². The molecule has 1 amide bonds. The smallest absolute Gasteiger partial charge is 0.422 e. The van der Waals surface area contributed by atoms with Gasteiger partial charge in [-0.2, -0.15) is 13.2 Å². The molecule has 0 atom stereocenters. The van der Waals surface area contributed by atoms with Crippen LogP contribution >= 0.6 is 11.6 Å². The SMILES string of the molecule is Cc1cc(Cl)ccc1OCC(=O)NCc1cccc(OCC(F)(F)F)c1. The number of aryl methyl sites for hydroxylation is 1. The van der Waals surface area contributed by atoms with E-state index in [1.54, 1.807) is 30.3 Å². The Kier molecular flexibility index (Phi) is 6.74. The second-order valence-electron chi connectivity index (χ2n) is 5.53. The Morgan fingerprint density at radius 2 is 1.92 bits per heavy atom. The van der Waals surface area contributed by atoms with Gasteiger partial charge in [0.05, 0.1) is 0 Å². The third-order valence-corrected chi connectivity index (χ3v) is 3.52. The van der Waals surface area contributed by atoms with Gasteiger partial charge in [0, 0.05) is 11.6 Å². The maximum absolute atomic E-state index is 12.2. The summed E-state index contributed by atoms with van der Waals surface area (Å²) in [6.07, 6.45) is -4.40. The molecule has 0 unspecified atom stereocenters. The lowest BCUT2D eigenvalue weighted by Crippen LogP contribution is -2.28. The number of carbonyl (C=O) groups excluding carboxylic acids is 1. The summed E-state index contributed by atoms with van der Waals surface area (Å²) in [4.78, 5) is 11.9. The maximum atomic E-state index is 12.2. The fourth-order valence-corrected chi connectivity index (χ4v) is 2.31. The van der Waals surface area contributed by atoms with Gasteiger partial charge in [0.2, 0.25) is 0 Å². The van der Waals surface area contributed by atoms with E-state index in [9.17, 15) is 18.0 Å². The number of hydrogen-bond donors (Lipinski definition) is 1. The number of benzene rings is 2.